The van der Waals surface area contributed by atoms with Gasteiger partial charge in [-0.2, -0.15) is 0 Å². The van der Waals surface area contributed by atoms with Crippen LogP contribution in [0.25, 0.3) is 0 Å². The summed E-state index contributed by atoms with van der Waals surface area (Å²) in [7, 11) is 0. The second-order valence-corrected chi connectivity index (χ2v) is 5.22. The van der Waals surface area contributed by atoms with E-state index in [0.29, 0.717) is 24.1 Å². The van der Waals surface area contributed by atoms with Crippen molar-refractivity contribution in [1.29, 1.82) is 0 Å². The Morgan fingerprint density at radius 3 is 2.84 bits per heavy atom. The Morgan fingerprint density at radius 2 is 2.26 bits per heavy atom. The predicted molar refractivity (Wildman–Crippen MR) is 72.9 cm³/mol. The second-order valence-electron chi connectivity index (χ2n) is 5.22. The number of aliphatic hydroxyl groups excluding tert-OH is 1. The van der Waals surface area contributed by atoms with Crippen LogP contribution < -0.4 is 5.32 Å². The molecule has 5 heteroatoms. The summed E-state index contributed by atoms with van der Waals surface area (Å²) >= 11 is 0. The Balaban J connectivity index is 1.98. The summed E-state index contributed by atoms with van der Waals surface area (Å²) in [6.45, 7) is 2.54. The van der Waals surface area contributed by atoms with E-state index in [-0.39, 0.29) is 17.2 Å². The smallest absolute Gasteiger partial charge is 0.272 e. The molecular weight excluding hydrogens is 244 g/mol. The van der Waals surface area contributed by atoms with E-state index in [9.17, 15) is 10.1 Å². The first kappa shape index (κ1) is 14.0. The minimum Gasteiger partial charge on any atom is -0.396 e. The average molecular weight is 264 g/mol. The van der Waals surface area contributed by atoms with E-state index in [0.717, 1.165) is 12.0 Å². The van der Waals surface area contributed by atoms with Gasteiger partial charge in [0.2, 0.25) is 0 Å². The normalized spacial score (nSPS) is 16.3. The zero-order valence-corrected chi connectivity index (χ0v) is 11.1. The zero-order chi connectivity index (χ0) is 13.8. The van der Waals surface area contributed by atoms with Crippen LogP contribution in [-0.2, 0) is 6.54 Å². The maximum atomic E-state index is 10.9. The van der Waals surface area contributed by atoms with Crippen molar-refractivity contribution < 1.29 is 10.0 Å². The largest absolute Gasteiger partial charge is 0.396 e. The molecule has 0 amide bonds. The summed E-state index contributed by atoms with van der Waals surface area (Å²) in [6.07, 6.45) is 3.18. The summed E-state index contributed by atoms with van der Waals surface area (Å²) in [5.41, 5.74) is 1.77. The second kappa shape index (κ2) is 6.12. The molecule has 1 aromatic carbocycles. The fourth-order valence-electron chi connectivity index (χ4n) is 2.35. The lowest BCUT2D eigenvalue weighted by molar-refractivity contribution is -0.385. The van der Waals surface area contributed by atoms with Crippen LogP contribution in [0.5, 0.6) is 0 Å². The highest BCUT2D eigenvalue weighted by Gasteiger charge is 2.30. The van der Waals surface area contributed by atoms with Crippen molar-refractivity contribution in [3.8, 4) is 0 Å². The van der Waals surface area contributed by atoms with E-state index in [2.05, 4.69) is 5.32 Å². The summed E-state index contributed by atoms with van der Waals surface area (Å²) in [5.74, 6) is 0.660. The lowest BCUT2D eigenvalue weighted by Gasteiger charge is -2.17. The fraction of sp³-hybridized carbons (Fsp3) is 0.571. The van der Waals surface area contributed by atoms with Crippen molar-refractivity contribution in [2.45, 2.75) is 38.8 Å². The summed E-state index contributed by atoms with van der Waals surface area (Å²) in [4.78, 5) is 10.5. The van der Waals surface area contributed by atoms with Gasteiger partial charge in [0, 0.05) is 30.8 Å². The van der Waals surface area contributed by atoms with E-state index >= 15 is 0 Å². The van der Waals surface area contributed by atoms with Crippen LogP contribution in [0.15, 0.2) is 18.2 Å². The highest BCUT2D eigenvalue weighted by molar-refractivity contribution is 5.42. The van der Waals surface area contributed by atoms with Gasteiger partial charge in [0.1, 0.15) is 0 Å². The molecule has 0 bridgehead atoms. The first-order valence-electron chi connectivity index (χ1n) is 6.70. The van der Waals surface area contributed by atoms with Crippen LogP contribution in [0.3, 0.4) is 0 Å². The molecule has 0 saturated heterocycles. The van der Waals surface area contributed by atoms with Gasteiger partial charge in [-0.05, 0) is 37.7 Å². The third-order valence-electron chi connectivity index (χ3n) is 3.67. The fourth-order valence-corrected chi connectivity index (χ4v) is 2.35. The van der Waals surface area contributed by atoms with Gasteiger partial charge in [-0.25, -0.2) is 0 Å². The number of hydrogen-bond donors (Lipinski definition) is 2. The van der Waals surface area contributed by atoms with Gasteiger partial charge >= 0.3 is 0 Å². The van der Waals surface area contributed by atoms with E-state index in [1.54, 1.807) is 19.1 Å². The van der Waals surface area contributed by atoms with Crippen molar-refractivity contribution in [1.82, 2.24) is 5.32 Å². The molecule has 1 fully saturated rings. The number of nitro groups is 1. The molecule has 1 unspecified atom stereocenters. The van der Waals surface area contributed by atoms with Gasteiger partial charge < -0.3 is 10.4 Å². The van der Waals surface area contributed by atoms with Gasteiger partial charge in [-0.1, -0.05) is 12.1 Å². The third-order valence-corrected chi connectivity index (χ3v) is 3.67. The Morgan fingerprint density at radius 1 is 1.53 bits per heavy atom. The summed E-state index contributed by atoms with van der Waals surface area (Å²) < 4.78 is 0. The van der Waals surface area contributed by atoms with Gasteiger partial charge in [-0.15, -0.1) is 0 Å². The lowest BCUT2D eigenvalue weighted by atomic mass is 10.1. The van der Waals surface area contributed by atoms with Crippen molar-refractivity contribution in [2.24, 2.45) is 5.92 Å². The molecule has 0 aromatic heterocycles. The molecule has 2 rings (SSSR count). The molecule has 0 spiro atoms. The van der Waals surface area contributed by atoms with Gasteiger partial charge in [-0.3, -0.25) is 10.1 Å². The van der Waals surface area contributed by atoms with E-state index < -0.39 is 0 Å². The van der Waals surface area contributed by atoms with Crippen LogP contribution in [0.1, 0.15) is 30.4 Å². The zero-order valence-electron chi connectivity index (χ0n) is 11.1. The molecule has 19 heavy (non-hydrogen) atoms. The Labute approximate surface area is 112 Å². The van der Waals surface area contributed by atoms with Crippen LogP contribution in [-0.4, -0.2) is 22.7 Å². The van der Waals surface area contributed by atoms with Crippen molar-refractivity contribution >= 4 is 5.69 Å². The molecular formula is C14H20N2O3. The maximum Gasteiger partial charge on any atom is 0.272 e. The number of nitro benzene ring substituents is 1. The number of aliphatic hydroxyl groups is 1. The first-order chi connectivity index (χ1) is 9.11. The molecule has 0 aliphatic heterocycles. The Hall–Kier alpha value is -1.46. The van der Waals surface area contributed by atoms with Gasteiger partial charge in [0.05, 0.1) is 4.92 Å². The molecule has 1 saturated carbocycles. The molecule has 1 aromatic rings. The minimum absolute atomic E-state index is 0.171. The lowest BCUT2D eigenvalue weighted by Crippen LogP contribution is -2.31. The van der Waals surface area contributed by atoms with Crippen molar-refractivity contribution in [3.05, 3.63) is 39.4 Å². The number of rotatable bonds is 7. The third kappa shape index (κ3) is 3.75. The molecule has 0 radical (unpaired) electrons. The first-order valence-corrected chi connectivity index (χ1v) is 6.70. The highest BCUT2D eigenvalue weighted by atomic mass is 16.6. The molecule has 1 atom stereocenters. The standard InChI is InChI=1S/C14H20N2O3/c1-10-2-3-11(8-14(10)16(18)19)9-15-13(6-7-17)12-4-5-12/h2-3,8,12-13,15,17H,4-7,9H2,1H3. The topological polar surface area (TPSA) is 75.4 Å². The number of aryl methyl sites for hydroxylation is 1. The van der Waals surface area contributed by atoms with Gasteiger partial charge in [0.15, 0.2) is 0 Å². The maximum absolute atomic E-state index is 10.9. The van der Waals surface area contributed by atoms with Crippen LogP contribution in [0.2, 0.25) is 0 Å². The molecule has 104 valence electrons. The molecule has 1 aliphatic rings. The average Bonchev–Trinajstić information content (AvgIpc) is 3.20. The molecule has 1 aliphatic carbocycles. The van der Waals surface area contributed by atoms with Crippen molar-refractivity contribution in [2.75, 3.05) is 6.61 Å². The van der Waals surface area contributed by atoms with Crippen LogP contribution in [0.4, 0.5) is 5.69 Å². The van der Waals surface area contributed by atoms with Gasteiger partial charge in [0.25, 0.3) is 5.69 Å². The van der Waals surface area contributed by atoms with E-state index in [4.69, 9.17) is 5.11 Å². The molecule has 2 N–H and O–H groups in total. The Kier molecular flexibility index (Phi) is 4.50. The number of nitrogens with zero attached hydrogens (tertiary/aromatic N) is 1. The SMILES string of the molecule is Cc1ccc(CNC(CCO)C2CC2)cc1[N+](=O)[O-]. The monoisotopic (exact) mass is 264 g/mol. The molecule has 5 nitrogen and oxygen atoms in total. The van der Waals surface area contributed by atoms with E-state index in [1.807, 2.05) is 6.07 Å². The number of hydrogen-bond acceptors (Lipinski definition) is 4. The van der Waals surface area contributed by atoms with E-state index in [1.165, 1.54) is 12.8 Å². The number of benzene rings is 1. The quantitative estimate of drug-likeness (QED) is 0.584. The van der Waals surface area contributed by atoms with Crippen LogP contribution in [0, 0.1) is 23.0 Å². The Bertz CT molecular complexity index is 458. The van der Waals surface area contributed by atoms with Crippen LogP contribution >= 0.6 is 0 Å². The number of nitrogens with one attached hydrogen (secondary N) is 1. The summed E-state index contributed by atoms with van der Waals surface area (Å²) in [5, 5.41) is 23.3. The van der Waals surface area contributed by atoms with Crippen molar-refractivity contribution in [3.63, 3.8) is 0 Å². The highest BCUT2D eigenvalue weighted by Crippen LogP contribution is 2.34. The molecule has 0 heterocycles. The minimum atomic E-state index is -0.342. The summed E-state index contributed by atoms with van der Waals surface area (Å²) in [6, 6.07) is 5.65. The predicted octanol–water partition coefficient (Wildman–Crippen LogP) is 2.15.